The number of likely N-dealkylation sites (N-methyl/N-ethyl adjacent to an activating group) is 1. The van der Waals surface area contributed by atoms with E-state index in [4.69, 9.17) is 11.6 Å². The number of halogens is 2. The molecule has 1 aliphatic carbocycles. The van der Waals surface area contributed by atoms with Crippen molar-refractivity contribution in [2.24, 2.45) is 5.92 Å². The van der Waals surface area contributed by atoms with Crippen molar-refractivity contribution in [3.8, 4) is 5.75 Å². The Kier molecular flexibility index (Phi) is 5.26. The molecule has 0 bridgehead atoms. The van der Waals surface area contributed by atoms with Gasteiger partial charge in [-0.3, -0.25) is 14.4 Å². The molecule has 0 saturated heterocycles. The van der Waals surface area contributed by atoms with Crippen LogP contribution in [0.3, 0.4) is 0 Å². The van der Waals surface area contributed by atoms with Crippen molar-refractivity contribution in [2.75, 3.05) is 19.7 Å². The van der Waals surface area contributed by atoms with E-state index in [-0.39, 0.29) is 40.9 Å². The van der Waals surface area contributed by atoms with E-state index in [0.29, 0.717) is 19.5 Å². The lowest BCUT2D eigenvalue weighted by Gasteiger charge is -2.37. The molecule has 0 unspecified atom stereocenters. The number of carbonyl (C=O) groups excluding carboxylic acids is 2. The Bertz CT molecular complexity index is 1150. The summed E-state index contributed by atoms with van der Waals surface area (Å²) in [6.07, 6.45) is 1.79. The maximum Gasteiger partial charge on any atom is 0.274 e. The molecule has 8 nitrogen and oxygen atoms in total. The zero-order valence-electron chi connectivity index (χ0n) is 16.7. The maximum absolute atomic E-state index is 14.1. The number of amides is 2. The highest BCUT2D eigenvalue weighted by Crippen LogP contribution is 2.53. The fourth-order valence-corrected chi connectivity index (χ4v) is 4.44. The molecule has 1 aromatic heterocycles. The molecule has 10 heteroatoms. The zero-order valence-corrected chi connectivity index (χ0v) is 17.4. The highest BCUT2D eigenvalue weighted by atomic mass is 35.5. The van der Waals surface area contributed by atoms with Gasteiger partial charge < -0.3 is 25.0 Å². The predicted octanol–water partition coefficient (Wildman–Crippen LogP) is 1.46. The molecule has 1 spiro atoms. The smallest absolute Gasteiger partial charge is 0.274 e. The molecule has 4 rings (SSSR count). The Balaban J connectivity index is 1.72. The molecule has 1 saturated carbocycles. The van der Waals surface area contributed by atoms with E-state index in [1.165, 1.54) is 33.9 Å². The SMILES string of the molecule is CCN1C[C@]2(C[C@H]2CO)n2cc(C(=O)NCc3cccc(Cl)c3F)c(=O)c(O)c2C1=O. The number of fused-ring (bicyclic) bond motifs is 2. The highest BCUT2D eigenvalue weighted by Gasteiger charge is 2.60. The summed E-state index contributed by atoms with van der Waals surface area (Å²) in [6, 6.07) is 4.35. The summed E-state index contributed by atoms with van der Waals surface area (Å²) in [6.45, 7) is 2.11. The fraction of sp³-hybridized carbons (Fsp3) is 0.381. The van der Waals surface area contributed by atoms with E-state index >= 15 is 0 Å². The number of benzene rings is 1. The third kappa shape index (κ3) is 3.28. The fourth-order valence-electron chi connectivity index (χ4n) is 4.25. The van der Waals surface area contributed by atoms with Crippen LogP contribution in [0.25, 0.3) is 0 Å². The molecular weight excluding hydrogens is 429 g/mol. The van der Waals surface area contributed by atoms with Crippen LogP contribution in [0.1, 0.15) is 39.8 Å². The first kappa shape index (κ1) is 21.3. The minimum absolute atomic E-state index is 0.0945. The summed E-state index contributed by atoms with van der Waals surface area (Å²) in [7, 11) is 0. The number of hydrogen-bond acceptors (Lipinski definition) is 5. The van der Waals surface area contributed by atoms with Crippen LogP contribution >= 0.6 is 11.6 Å². The lowest BCUT2D eigenvalue weighted by atomic mass is 10.0. The Morgan fingerprint density at radius 2 is 2.13 bits per heavy atom. The van der Waals surface area contributed by atoms with Crippen LogP contribution in [0.2, 0.25) is 5.02 Å². The van der Waals surface area contributed by atoms with Gasteiger partial charge in [-0.15, -0.1) is 0 Å². The quantitative estimate of drug-likeness (QED) is 0.640. The predicted molar refractivity (Wildman–Crippen MR) is 110 cm³/mol. The van der Waals surface area contributed by atoms with Crippen molar-refractivity contribution in [2.45, 2.75) is 25.4 Å². The molecule has 2 aromatic rings. The number of nitrogens with one attached hydrogen (secondary N) is 1. The van der Waals surface area contributed by atoms with Crippen LogP contribution in [0, 0.1) is 11.7 Å². The topological polar surface area (TPSA) is 112 Å². The molecule has 1 aliphatic heterocycles. The minimum Gasteiger partial charge on any atom is -0.503 e. The molecule has 2 amide bonds. The number of carbonyl (C=O) groups is 2. The Morgan fingerprint density at radius 1 is 1.39 bits per heavy atom. The average molecular weight is 450 g/mol. The number of pyridine rings is 1. The van der Waals surface area contributed by atoms with Gasteiger partial charge in [-0.1, -0.05) is 23.7 Å². The van der Waals surface area contributed by atoms with Gasteiger partial charge in [0.2, 0.25) is 5.43 Å². The second-order valence-corrected chi connectivity index (χ2v) is 8.25. The van der Waals surface area contributed by atoms with Crippen molar-refractivity contribution in [3.63, 3.8) is 0 Å². The summed E-state index contributed by atoms with van der Waals surface area (Å²) >= 11 is 5.74. The first-order chi connectivity index (χ1) is 14.7. The summed E-state index contributed by atoms with van der Waals surface area (Å²) in [5.41, 5.74) is -2.10. The van der Waals surface area contributed by atoms with E-state index in [1.807, 2.05) is 0 Å². The summed E-state index contributed by atoms with van der Waals surface area (Å²) in [4.78, 5) is 39.7. The van der Waals surface area contributed by atoms with Crippen molar-refractivity contribution >= 4 is 23.4 Å². The Hall–Kier alpha value is -2.91. The van der Waals surface area contributed by atoms with Gasteiger partial charge in [0.1, 0.15) is 11.4 Å². The molecule has 0 radical (unpaired) electrons. The number of hydrogen-bond donors (Lipinski definition) is 3. The zero-order chi connectivity index (χ0) is 22.5. The summed E-state index contributed by atoms with van der Waals surface area (Å²) in [5.74, 6) is -3.00. The highest BCUT2D eigenvalue weighted by molar-refractivity contribution is 6.30. The number of rotatable bonds is 5. The standard InChI is InChI=1S/C21H21ClFN3O5/c1-2-25-10-21(6-12(21)9-27)26-8-13(17(28)18(29)16(26)20(25)31)19(30)24-7-11-4-3-5-14(22)15(11)23/h3-5,8,12,27,29H,2,6-7,9-10H2,1H3,(H,24,30)/t12-,21-/m0/s1. The summed E-state index contributed by atoms with van der Waals surface area (Å²) < 4.78 is 15.5. The van der Waals surface area contributed by atoms with Crippen LogP contribution in [-0.4, -0.2) is 51.2 Å². The van der Waals surface area contributed by atoms with Gasteiger partial charge in [0.15, 0.2) is 11.4 Å². The van der Waals surface area contributed by atoms with Gasteiger partial charge in [0.05, 0.1) is 10.6 Å². The number of nitrogens with zero attached hydrogens (tertiary/aromatic N) is 2. The molecule has 31 heavy (non-hydrogen) atoms. The van der Waals surface area contributed by atoms with Gasteiger partial charge in [0.25, 0.3) is 11.8 Å². The first-order valence-electron chi connectivity index (χ1n) is 9.85. The molecule has 164 valence electrons. The van der Waals surface area contributed by atoms with Gasteiger partial charge in [-0.05, 0) is 19.4 Å². The largest absolute Gasteiger partial charge is 0.503 e. The van der Waals surface area contributed by atoms with Crippen LogP contribution < -0.4 is 10.7 Å². The number of aromatic hydroxyl groups is 1. The third-order valence-electron chi connectivity index (χ3n) is 6.13. The second-order valence-electron chi connectivity index (χ2n) is 7.84. The van der Waals surface area contributed by atoms with Crippen molar-refractivity contribution < 1.29 is 24.2 Å². The van der Waals surface area contributed by atoms with Gasteiger partial charge in [-0.2, -0.15) is 0 Å². The minimum atomic E-state index is -0.988. The van der Waals surface area contributed by atoms with Crippen molar-refractivity contribution in [1.29, 1.82) is 0 Å². The molecule has 2 heterocycles. The Morgan fingerprint density at radius 3 is 2.77 bits per heavy atom. The molecule has 1 fully saturated rings. The molecule has 3 N–H and O–H groups in total. The van der Waals surface area contributed by atoms with Crippen molar-refractivity contribution in [1.82, 2.24) is 14.8 Å². The number of aromatic nitrogens is 1. The molecule has 2 atom stereocenters. The monoisotopic (exact) mass is 449 g/mol. The van der Waals surface area contributed by atoms with Crippen molar-refractivity contribution in [3.05, 3.63) is 62.3 Å². The van der Waals surface area contributed by atoms with Crippen LogP contribution in [-0.2, 0) is 12.1 Å². The normalized spacial score (nSPS) is 21.9. The van der Waals surface area contributed by atoms with Gasteiger partial charge in [-0.25, -0.2) is 4.39 Å². The lowest BCUT2D eigenvalue weighted by Crippen LogP contribution is -2.49. The third-order valence-corrected chi connectivity index (χ3v) is 6.43. The van der Waals surface area contributed by atoms with Gasteiger partial charge in [0, 0.05) is 43.9 Å². The second kappa shape index (κ2) is 7.65. The van der Waals surface area contributed by atoms with Crippen LogP contribution in [0.4, 0.5) is 4.39 Å². The number of aliphatic hydroxyl groups excluding tert-OH is 1. The van der Waals surface area contributed by atoms with Crippen LogP contribution in [0.5, 0.6) is 5.75 Å². The van der Waals surface area contributed by atoms with Gasteiger partial charge >= 0.3 is 0 Å². The molecular formula is C21H21ClFN3O5. The molecule has 1 aromatic carbocycles. The van der Waals surface area contributed by atoms with Crippen LogP contribution in [0.15, 0.2) is 29.2 Å². The van der Waals surface area contributed by atoms with E-state index < -0.39 is 34.3 Å². The maximum atomic E-state index is 14.1. The summed E-state index contributed by atoms with van der Waals surface area (Å²) in [5, 5.41) is 22.6. The average Bonchev–Trinajstić information content (AvgIpc) is 3.47. The van der Waals surface area contributed by atoms with E-state index in [1.54, 1.807) is 6.92 Å². The Labute approximate surface area is 181 Å². The first-order valence-corrected chi connectivity index (χ1v) is 10.2. The lowest BCUT2D eigenvalue weighted by molar-refractivity contribution is 0.0630. The molecule has 2 aliphatic rings. The number of aliphatic hydroxyl groups is 1. The van der Waals surface area contributed by atoms with E-state index in [0.717, 1.165) is 0 Å². The van der Waals surface area contributed by atoms with E-state index in [2.05, 4.69) is 5.32 Å². The van der Waals surface area contributed by atoms with E-state index in [9.17, 15) is 29.0 Å².